The minimum Gasteiger partial charge on any atom is -0.480 e. The maximum absolute atomic E-state index is 12.1. The normalized spacial score (nSPS) is 10.2. The molecule has 0 aromatic carbocycles. The number of hydrogen-bond donors (Lipinski definition) is 1. The van der Waals surface area contributed by atoms with Gasteiger partial charge in [0.25, 0.3) is 0 Å². The maximum Gasteiger partial charge on any atom is 0.323 e. The Morgan fingerprint density at radius 3 is 1.94 bits per heavy atom. The predicted octanol–water partition coefficient (Wildman–Crippen LogP) is 0.108. The highest BCUT2D eigenvalue weighted by atomic mass is 16.5. The number of urea groups is 1. The Balaban J connectivity index is 4.52. The summed E-state index contributed by atoms with van der Waals surface area (Å²) >= 11 is 0. The number of carboxylic acid groups (broad SMARTS) is 1. The van der Waals surface area contributed by atoms with Gasteiger partial charge in [0.05, 0.1) is 13.2 Å². The number of nitrogens with zero attached hydrogens (tertiary/aromatic N) is 2. The van der Waals surface area contributed by atoms with E-state index in [0.717, 1.165) is 0 Å². The highest BCUT2D eigenvalue weighted by Crippen LogP contribution is 2.00. The fourth-order valence-corrected chi connectivity index (χ4v) is 1.40. The molecule has 0 rings (SSSR count). The van der Waals surface area contributed by atoms with Crippen LogP contribution in [0, 0.1) is 0 Å². The maximum atomic E-state index is 12.1. The van der Waals surface area contributed by atoms with Crippen LogP contribution in [0.5, 0.6) is 0 Å². The fourth-order valence-electron chi connectivity index (χ4n) is 1.40. The smallest absolute Gasteiger partial charge is 0.323 e. The monoisotopic (exact) mass is 262 g/mol. The highest BCUT2D eigenvalue weighted by molar-refractivity contribution is 5.80. The SMILES string of the molecule is CCN(CCOC)C(=O)N(CCOC)CC(=O)O. The molecule has 0 bridgehead atoms. The first-order chi connectivity index (χ1) is 8.56. The first-order valence-corrected chi connectivity index (χ1v) is 5.80. The van der Waals surface area contributed by atoms with Gasteiger partial charge in [-0.2, -0.15) is 0 Å². The van der Waals surface area contributed by atoms with E-state index in [-0.39, 0.29) is 19.1 Å². The summed E-state index contributed by atoms with van der Waals surface area (Å²) in [5.74, 6) is -1.04. The van der Waals surface area contributed by atoms with Gasteiger partial charge in [0.15, 0.2) is 0 Å². The fraction of sp³-hybridized carbons (Fsp3) is 0.818. The molecule has 106 valence electrons. The Morgan fingerprint density at radius 2 is 1.56 bits per heavy atom. The van der Waals surface area contributed by atoms with E-state index in [2.05, 4.69) is 0 Å². The number of carbonyl (C=O) groups excluding carboxylic acids is 1. The van der Waals surface area contributed by atoms with Crippen molar-refractivity contribution in [2.24, 2.45) is 0 Å². The molecule has 1 N–H and O–H groups in total. The zero-order valence-electron chi connectivity index (χ0n) is 11.2. The summed E-state index contributed by atoms with van der Waals surface area (Å²) in [6.45, 7) is 3.44. The van der Waals surface area contributed by atoms with Crippen molar-refractivity contribution in [1.29, 1.82) is 0 Å². The molecule has 0 saturated carbocycles. The number of likely N-dealkylation sites (N-methyl/N-ethyl adjacent to an activating group) is 1. The predicted molar refractivity (Wildman–Crippen MR) is 65.6 cm³/mol. The number of aliphatic carboxylic acids is 1. The van der Waals surface area contributed by atoms with Crippen molar-refractivity contribution < 1.29 is 24.2 Å². The van der Waals surface area contributed by atoms with Crippen molar-refractivity contribution in [1.82, 2.24) is 9.80 Å². The summed E-state index contributed by atoms with van der Waals surface area (Å²) in [4.78, 5) is 25.6. The van der Waals surface area contributed by atoms with Gasteiger partial charge in [0.1, 0.15) is 6.54 Å². The van der Waals surface area contributed by atoms with Crippen LogP contribution in [0.3, 0.4) is 0 Å². The van der Waals surface area contributed by atoms with Crippen LogP contribution in [0.2, 0.25) is 0 Å². The van der Waals surface area contributed by atoms with Crippen molar-refractivity contribution in [3.8, 4) is 0 Å². The molecule has 0 aromatic rings. The van der Waals surface area contributed by atoms with Gasteiger partial charge in [-0.15, -0.1) is 0 Å². The van der Waals surface area contributed by atoms with Gasteiger partial charge in [0.2, 0.25) is 0 Å². The zero-order chi connectivity index (χ0) is 14.0. The van der Waals surface area contributed by atoms with Crippen molar-refractivity contribution >= 4 is 12.0 Å². The van der Waals surface area contributed by atoms with E-state index in [1.807, 2.05) is 6.92 Å². The number of ether oxygens (including phenoxy) is 2. The number of methoxy groups -OCH3 is 2. The molecule has 7 heteroatoms. The quantitative estimate of drug-likeness (QED) is 0.638. The Morgan fingerprint density at radius 1 is 1.06 bits per heavy atom. The minimum absolute atomic E-state index is 0.255. The summed E-state index contributed by atoms with van der Waals surface area (Å²) < 4.78 is 9.78. The Labute approximate surface area is 107 Å². The lowest BCUT2D eigenvalue weighted by Crippen LogP contribution is -2.47. The molecule has 0 heterocycles. The van der Waals surface area contributed by atoms with E-state index in [9.17, 15) is 9.59 Å². The Bertz CT molecular complexity index is 260. The number of carbonyl (C=O) groups is 2. The summed E-state index contributed by atoms with van der Waals surface area (Å²) in [5.41, 5.74) is 0. The molecule has 0 atom stereocenters. The second kappa shape index (κ2) is 9.67. The van der Waals surface area contributed by atoms with E-state index in [1.165, 1.54) is 12.0 Å². The second-order valence-electron chi connectivity index (χ2n) is 3.66. The molecule has 0 aliphatic heterocycles. The van der Waals surface area contributed by atoms with E-state index in [1.54, 1.807) is 12.0 Å². The van der Waals surface area contributed by atoms with Crippen molar-refractivity contribution in [2.45, 2.75) is 6.92 Å². The number of hydrogen-bond acceptors (Lipinski definition) is 4. The van der Waals surface area contributed by atoms with Gasteiger partial charge in [-0.1, -0.05) is 0 Å². The largest absolute Gasteiger partial charge is 0.480 e. The van der Waals surface area contributed by atoms with Crippen LogP contribution in [0.25, 0.3) is 0 Å². The molecule has 0 aromatic heterocycles. The molecular weight excluding hydrogens is 240 g/mol. The third kappa shape index (κ3) is 6.41. The summed E-state index contributed by atoms with van der Waals surface area (Å²) in [6, 6.07) is -0.311. The molecular formula is C11H22N2O5. The first-order valence-electron chi connectivity index (χ1n) is 5.80. The van der Waals surface area contributed by atoms with Crippen LogP contribution in [0.15, 0.2) is 0 Å². The molecule has 2 amide bonds. The molecule has 0 saturated heterocycles. The lowest BCUT2D eigenvalue weighted by atomic mass is 10.4. The van der Waals surface area contributed by atoms with E-state index < -0.39 is 5.97 Å². The molecule has 0 spiro atoms. The Kier molecular flexibility index (Phi) is 8.95. The van der Waals surface area contributed by atoms with Crippen LogP contribution >= 0.6 is 0 Å². The molecule has 18 heavy (non-hydrogen) atoms. The zero-order valence-corrected chi connectivity index (χ0v) is 11.2. The molecule has 0 fully saturated rings. The molecule has 7 nitrogen and oxygen atoms in total. The van der Waals surface area contributed by atoms with Crippen molar-refractivity contribution in [2.75, 3.05) is 53.6 Å². The minimum atomic E-state index is -1.04. The van der Waals surface area contributed by atoms with Crippen molar-refractivity contribution in [3.05, 3.63) is 0 Å². The lowest BCUT2D eigenvalue weighted by molar-refractivity contribution is -0.137. The van der Waals surface area contributed by atoms with E-state index in [0.29, 0.717) is 26.3 Å². The molecule has 0 aliphatic carbocycles. The van der Waals surface area contributed by atoms with Gasteiger partial charge in [-0.05, 0) is 6.92 Å². The standard InChI is InChI=1S/C11H22N2O5/c1-4-12(5-7-17-2)11(16)13(6-8-18-3)9-10(14)15/h4-9H2,1-3H3,(H,14,15). The van der Waals surface area contributed by atoms with E-state index in [4.69, 9.17) is 14.6 Å². The van der Waals surface area contributed by atoms with Crippen LogP contribution in [-0.2, 0) is 14.3 Å². The topological polar surface area (TPSA) is 79.3 Å². The van der Waals surface area contributed by atoms with E-state index >= 15 is 0 Å². The second-order valence-corrected chi connectivity index (χ2v) is 3.66. The molecule has 0 unspecified atom stereocenters. The Hall–Kier alpha value is -1.34. The van der Waals surface area contributed by atoms with Gasteiger partial charge >= 0.3 is 12.0 Å². The van der Waals surface area contributed by atoms with Gasteiger partial charge in [-0.25, -0.2) is 4.79 Å². The average molecular weight is 262 g/mol. The van der Waals surface area contributed by atoms with Crippen LogP contribution in [0.4, 0.5) is 4.79 Å². The van der Waals surface area contributed by atoms with Crippen LogP contribution in [0.1, 0.15) is 6.92 Å². The van der Waals surface area contributed by atoms with Crippen LogP contribution in [-0.4, -0.2) is 80.5 Å². The van der Waals surface area contributed by atoms with Gasteiger partial charge in [-0.3, -0.25) is 4.79 Å². The van der Waals surface area contributed by atoms with Crippen molar-refractivity contribution in [3.63, 3.8) is 0 Å². The van der Waals surface area contributed by atoms with Gasteiger partial charge in [0, 0.05) is 33.9 Å². The number of carboxylic acids is 1. The average Bonchev–Trinajstić information content (AvgIpc) is 2.34. The molecule has 0 radical (unpaired) electrons. The summed E-state index contributed by atoms with van der Waals surface area (Å²) in [5, 5.41) is 8.78. The number of amides is 2. The first kappa shape index (κ1) is 16.7. The molecule has 0 aliphatic rings. The number of rotatable bonds is 9. The summed E-state index contributed by atoms with van der Waals surface area (Å²) in [7, 11) is 3.06. The van der Waals surface area contributed by atoms with Crippen LogP contribution < -0.4 is 0 Å². The third-order valence-corrected chi connectivity index (χ3v) is 2.38. The highest BCUT2D eigenvalue weighted by Gasteiger charge is 2.21. The van der Waals surface area contributed by atoms with Gasteiger partial charge < -0.3 is 24.4 Å². The summed E-state index contributed by atoms with van der Waals surface area (Å²) in [6.07, 6.45) is 0. The third-order valence-electron chi connectivity index (χ3n) is 2.38. The lowest BCUT2D eigenvalue weighted by Gasteiger charge is -2.28.